The molecule has 2 aromatic carbocycles. The van der Waals surface area contributed by atoms with Crippen LogP contribution in [-0.4, -0.2) is 72.8 Å². The van der Waals surface area contributed by atoms with Gasteiger partial charge >= 0.3 is 5.97 Å². The standard InChI is InChI=1S/C20H30N4O2.C15H22O3.C5H10N4/c1-6-16-11-17(20(3,4)5)10-15(2)19(16)26-12-18(25)22-8-7-9-24-14-21-13-23-24;1-6-11-8-12(15(3,4)5)7-10(2)14(11)18-9-13(16)17;6-2-1-3-9-5-7-4-8-9/h10-11,13-14H,6-9,12H2,1-5H3,(H,22,25);7-8H,6,9H2,1-5H3,(H,16,17);4-5H,1-3,6H2. The molecule has 0 saturated heterocycles. The smallest absolute Gasteiger partial charge is 0.341 e. The summed E-state index contributed by atoms with van der Waals surface area (Å²) in [4.78, 5) is 30.3. The van der Waals surface area contributed by atoms with Crippen LogP contribution in [0, 0.1) is 13.8 Å². The first-order valence-electron chi connectivity index (χ1n) is 18.4. The van der Waals surface area contributed by atoms with E-state index in [0.29, 0.717) is 18.8 Å². The molecule has 0 aliphatic heterocycles. The second kappa shape index (κ2) is 21.7. The first-order chi connectivity index (χ1) is 25.0. The first-order valence-corrected chi connectivity index (χ1v) is 18.4. The Kier molecular flexibility index (Phi) is 18.2. The van der Waals surface area contributed by atoms with Gasteiger partial charge in [0, 0.05) is 19.6 Å². The Bertz CT molecular complexity index is 1670. The number of carbonyl (C=O) groups is 2. The maximum atomic E-state index is 12.0. The van der Waals surface area contributed by atoms with Gasteiger partial charge in [0.1, 0.15) is 36.8 Å². The van der Waals surface area contributed by atoms with Gasteiger partial charge in [0.05, 0.1) is 0 Å². The normalized spacial score (nSPS) is 11.2. The first kappa shape index (κ1) is 44.4. The van der Waals surface area contributed by atoms with E-state index < -0.39 is 5.97 Å². The van der Waals surface area contributed by atoms with E-state index in [0.717, 1.165) is 66.8 Å². The van der Waals surface area contributed by atoms with Crippen molar-refractivity contribution in [1.29, 1.82) is 0 Å². The predicted molar refractivity (Wildman–Crippen MR) is 208 cm³/mol. The zero-order valence-corrected chi connectivity index (χ0v) is 33.5. The van der Waals surface area contributed by atoms with E-state index in [-0.39, 0.29) is 30.0 Å². The van der Waals surface area contributed by atoms with Gasteiger partial charge in [-0.15, -0.1) is 0 Å². The van der Waals surface area contributed by atoms with Crippen LogP contribution in [0.15, 0.2) is 49.6 Å². The fourth-order valence-corrected chi connectivity index (χ4v) is 5.24. The number of hydrogen-bond donors (Lipinski definition) is 3. The van der Waals surface area contributed by atoms with Gasteiger partial charge in [0.2, 0.25) is 0 Å². The number of ether oxygens (including phenoxy) is 2. The Hall–Kier alpha value is -4.78. The van der Waals surface area contributed by atoms with E-state index in [9.17, 15) is 9.59 Å². The molecule has 2 aromatic heterocycles. The molecule has 0 saturated carbocycles. The summed E-state index contributed by atoms with van der Waals surface area (Å²) in [6.07, 6.45) is 9.86. The van der Waals surface area contributed by atoms with Gasteiger partial charge in [-0.25, -0.2) is 14.8 Å². The van der Waals surface area contributed by atoms with E-state index in [1.165, 1.54) is 23.8 Å². The molecule has 13 heteroatoms. The molecule has 13 nitrogen and oxygen atoms in total. The van der Waals surface area contributed by atoms with Crippen molar-refractivity contribution in [2.45, 2.75) is 119 Å². The molecule has 0 aliphatic rings. The van der Waals surface area contributed by atoms with Crippen molar-refractivity contribution in [1.82, 2.24) is 34.8 Å². The van der Waals surface area contributed by atoms with Crippen LogP contribution in [-0.2, 0) is 46.4 Å². The molecular weight excluding hydrogens is 672 g/mol. The van der Waals surface area contributed by atoms with E-state index in [1.807, 2.05) is 13.8 Å². The second-order valence-electron chi connectivity index (χ2n) is 14.9. The molecule has 292 valence electrons. The van der Waals surface area contributed by atoms with Gasteiger partial charge < -0.3 is 25.6 Å². The lowest BCUT2D eigenvalue weighted by atomic mass is 9.84. The van der Waals surface area contributed by atoms with Crippen molar-refractivity contribution < 1.29 is 24.2 Å². The Balaban J connectivity index is 0.000000309. The van der Waals surface area contributed by atoms with Crippen molar-refractivity contribution in [3.8, 4) is 11.5 Å². The number of carbonyl (C=O) groups excluding carboxylic acids is 1. The van der Waals surface area contributed by atoms with Crippen LogP contribution in [0.1, 0.15) is 102 Å². The lowest BCUT2D eigenvalue weighted by molar-refractivity contribution is -0.139. The summed E-state index contributed by atoms with van der Waals surface area (Å²) in [6, 6.07) is 8.55. The highest BCUT2D eigenvalue weighted by Gasteiger charge is 2.19. The molecule has 4 N–H and O–H groups in total. The maximum absolute atomic E-state index is 12.0. The number of nitrogens with two attached hydrogens (primary N) is 1. The molecule has 0 spiro atoms. The molecule has 0 unspecified atom stereocenters. The third-order valence-corrected chi connectivity index (χ3v) is 8.30. The number of benzene rings is 2. The van der Waals surface area contributed by atoms with Crippen LogP contribution < -0.4 is 20.5 Å². The SMILES string of the molecule is CCc1cc(C(C)(C)C)cc(C)c1OCC(=O)NCCCn1cncn1.CCc1cc(C(C)(C)C)cc(C)c1OCC(=O)O.NCCCn1cncn1. The third-order valence-electron chi connectivity index (χ3n) is 8.30. The molecular formula is C40H62N8O5. The van der Waals surface area contributed by atoms with Gasteiger partial charge in [-0.2, -0.15) is 10.2 Å². The third kappa shape index (κ3) is 15.8. The molecule has 4 aromatic rings. The van der Waals surface area contributed by atoms with Gasteiger partial charge in [0.15, 0.2) is 13.2 Å². The van der Waals surface area contributed by atoms with Crippen molar-refractivity contribution >= 4 is 11.9 Å². The molecule has 0 bridgehead atoms. The van der Waals surface area contributed by atoms with E-state index in [2.05, 4.69) is 105 Å². The molecule has 4 rings (SSSR count). The van der Waals surface area contributed by atoms with Crippen LogP contribution in [0.5, 0.6) is 11.5 Å². The Morgan fingerprint density at radius 3 is 1.58 bits per heavy atom. The number of carboxylic acids is 1. The largest absolute Gasteiger partial charge is 0.483 e. The summed E-state index contributed by atoms with van der Waals surface area (Å²) in [5, 5.41) is 19.5. The monoisotopic (exact) mass is 734 g/mol. The number of hydrogen-bond acceptors (Lipinski definition) is 9. The average molecular weight is 735 g/mol. The van der Waals surface area contributed by atoms with Crippen LogP contribution >= 0.6 is 0 Å². The Morgan fingerprint density at radius 2 is 1.21 bits per heavy atom. The molecule has 0 aliphatic carbocycles. The van der Waals surface area contributed by atoms with Gasteiger partial charge in [-0.3, -0.25) is 14.2 Å². The summed E-state index contributed by atoms with van der Waals surface area (Å²) in [5.74, 6) is 0.493. The quantitative estimate of drug-likeness (QED) is 0.123. The highest BCUT2D eigenvalue weighted by atomic mass is 16.5. The highest BCUT2D eigenvalue weighted by Crippen LogP contribution is 2.33. The lowest BCUT2D eigenvalue weighted by Gasteiger charge is -2.23. The van der Waals surface area contributed by atoms with Crippen molar-refractivity contribution in [2.24, 2.45) is 5.73 Å². The molecule has 0 radical (unpaired) electrons. The zero-order valence-electron chi connectivity index (χ0n) is 33.5. The van der Waals surface area contributed by atoms with E-state index in [4.69, 9.17) is 20.3 Å². The van der Waals surface area contributed by atoms with Crippen molar-refractivity contribution in [3.63, 3.8) is 0 Å². The van der Waals surface area contributed by atoms with Crippen LogP contribution in [0.3, 0.4) is 0 Å². The van der Waals surface area contributed by atoms with E-state index in [1.54, 1.807) is 22.0 Å². The minimum Gasteiger partial charge on any atom is -0.483 e. The number of nitrogens with one attached hydrogen (secondary N) is 1. The molecule has 1 amide bonds. The van der Waals surface area contributed by atoms with Gasteiger partial charge in [-0.1, -0.05) is 79.7 Å². The zero-order chi connectivity index (χ0) is 39.6. The Morgan fingerprint density at radius 1 is 0.755 bits per heavy atom. The number of nitrogens with zero attached hydrogens (tertiary/aromatic N) is 6. The maximum Gasteiger partial charge on any atom is 0.341 e. The lowest BCUT2D eigenvalue weighted by Crippen LogP contribution is -2.30. The number of aliphatic carboxylic acids is 1. The summed E-state index contributed by atoms with van der Waals surface area (Å²) in [5.41, 5.74) is 12.3. The number of carboxylic acid groups (broad SMARTS) is 1. The van der Waals surface area contributed by atoms with Crippen molar-refractivity contribution in [3.05, 3.63) is 83.0 Å². The Labute approximate surface area is 315 Å². The number of aryl methyl sites for hydroxylation is 6. The average Bonchev–Trinajstić information content (AvgIpc) is 3.82. The number of aromatic nitrogens is 6. The summed E-state index contributed by atoms with van der Waals surface area (Å²) < 4.78 is 14.8. The van der Waals surface area contributed by atoms with Crippen LogP contribution in [0.25, 0.3) is 0 Å². The predicted octanol–water partition coefficient (Wildman–Crippen LogP) is 5.98. The van der Waals surface area contributed by atoms with Gasteiger partial charge in [-0.05, 0) is 90.3 Å². The number of amides is 1. The van der Waals surface area contributed by atoms with Crippen LogP contribution in [0.4, 0.5) is 0 Å². The topological polar surface area (TPSA) is 172 Å². The fourth-order valence-electron chi connectivity index (χ4n) is 5.24. The second-order valence-corrected chi connectivity index (χ2v) is 14.9. The highest BCUT2D eigenvalue weighted by molar-refractivity contribution is 5.77. The fraction of sp³-hybridized carbons (Fsp3) is 0.550. The molecule has 0 fully saturated rings. The molecule has 2 heterocycles. The minimum absolute atomic E-state index is 0.0338. The summed E-state index contributed by atoms with van der Waals surface area (Å²) >= 11 is 0. The minimum atomic E-state index is -0.948. The van der Waals surface area contributed by atoms with E-state index >= 15 is 0 Å². The van der Waals surface area contributed by atoms with Crippen LogP contribution in [0.2, 0.25) is 0 Å². The molecule has 0 atom stereocenters. The number of rotatable bonds is 15. The summed E-state index contributed by atoms with van der Waals surface area (Å²) in [7, 11) is 0. The van der Waals surface area contributed by atoms with Crippen molar-refractivity contribution in [2.75, 3.05) is 26.3 Å². The van der Waals surface area contributed by atoms with Gasteiger partial charge in [0.25, 0.3) is 5.91 Å². The summed E-state index contributed by atoms with van der Waals surface area (Å²) in [6.45, 7) is 23.9. The molecule has 53 heavy (non-hydrogen) atoms.